The molecule has 0 aromatic heterocycles. The molecule has 116 valence electrons. The van der Waals surface area contributed by atoms with Crippen LogP contribution in [0.4, 0.5) is 11.4 Å². The Balaban J connectivity index is 2.13. The highest BCUT2D eigenvalue weighted by Crippen LogP contribution is 2.20. The molecule has 0 aliphatic carbocycles. The quantitative estimate of drug-likeness (QED) is 0.861. The Morgan fingerprint density at radius 3 is 2.09 bits per heavy atom. The third kappa shape index (κ3) is 3.67. The topological polar surface area (TPSA) is 23.6 Å². The van der Waals surface area contributed by atoms with E-state index in [-0.39, 0.29) is 5.91 Å². The van der Waals surface area contributed by atoms with Crippen LogP contribution in [0, 0.1) is 13.8 Å². The SMILES string of the molecule is Cc1ccc(C)c(CC(=O)N(C)c2ccc(N(C)C)cc2)c1. The van der Waals surface area contributed by atoms with Gasteiger partial charge >= 0.3 is 0 Å². The standard InChI is InChI=1S/C19H24N2O/c1-14-6-7-15(2)16(12-14)13-19(22)21(5)18-10-8-17(9-11-18)20(3)4/h6-12H,13H2,1-5H3. The fraction of sp³-hybridized carbons (Fsp3) is 0.316. The zero-order chi connectivity index (χ0) is 16.3. The molecule has 1 amide bonds. The third-order valence-corrected chi connectivity index (χ3v) is 3.97. The molecular weight excluding hydrogens is 272 g/mol. The molecule has 0 spiro atoms. The van der Waals surface area contributed by atoms with Crippen LogP contribution in [0.15, 0.2) is 42.5 Å². The number of carbonyl (C=O) groups is 1. The summed E-state index contributed by atoms with van der Waals surface area (Å²) < 4.78 is 0. The average molecular weight is 296 g/mol. The molecular formula is C19H24N2O. The normalized spacial score (nSPS) is 10.4. The molecule has 0 atom stereocenters. The van der Waals surface area contributed by atoms with Crippen molar-refractivity contribution >= 4 is 17.3 Å². The fourth-order valence-electron chi connectivity index (χ4n) is 2.39. The summed E-state index contributed by atoms with van der Waals surface area (Å²) in [6.45, 7) is 4.10. The van der Waals surface area contributed by atoms with Gasteiger partial charge in [0.2, 0.25) is 5.91 Å². The third-order valence-electron chi connectivity index (χ3n) is 3.97. The lowest BCUT2D eigenvalue weighted by Crippen LogP contribution is -2.28. The Bertz CT molecular complexity index is 660. The van der Waals surface area contributed by atoms with Crippen LogP contribution in [0.1, 0.15) is 16.7 Å². The summed E-state index contributed by atoms with van der Waals surface area (Å²) in [5.41, 5.74) is 5.49. The van der Waals surface area contributed by atoms with E-state index in [9.17, 15) is 4.79 Å². The molecule has 0 fully saturated rings. The van der Waals surface area contributed by atoms with E-state index in [1.54, 1.807) is 4.90 Å². The zero-order valence-electron chi connectivity index (χ0n) is 14.1. The molecule has 0 aliphatic rings. The van der Waals surface area contributed by atoms with Gasteiger partial charge < -0.3 is 9.80 Å². The minimum atomic E-state index is 0.103. The molecule has 0 heterocycles. The van der Waals surface area contributed by atoms with Gasteiger partial charge in [0, 0.05) is 32.5 Å². The Labute approximate surface area is 133 Å². The minimum Gasteiger partial charge on any atom is -0.378 e. The van der Waals surface area contributed by atoms with Crippen molar-refractivity contribution in [3.8, 4) is 0 Å². The molecule has 0 bridgehead atoms. The number of carbonyl (C=O) groups excluding carboxylic acids is 1. The number of rotatable bonds is 4. The van der Waals surface area contributed by atoms with Crippen molar-refractivity contribution < 1.29 is 4.79 Å². The number of hydrogen-bond donors (Lipinski definition) is 0. The average Bonchev–Trinajstić information content (AvgIpc) is 2.50. The number of anilines is 2. The highest BCUT2D eigenvalue weighted by atomic mass is 16.2. The molecule has 0 saturated carbocycles. The predicted octanol–water partition coefficient (Wildman–Crippen LogP) is 3.57. The lowest BCUT2D eigenvalue weighted by molar-refractivity contribution is -0.117. The van der Waals surface area contributed by atoms with Gasteiger partial charge in [0.25, 0.3) is 0 Å². The van der Waals surface area contributed by atoms with Crippen molar-refractivity contribution in [2.24, 2.45) is 0 Å². The molecule has 0 saturated heterocycles. The van der Waals surface area contributed by atoms with Crippen LogP contribution in [-0.2, 0) is 11.2 Å². The molecule has 0 unspecified atom stereocenters. The fourth-order valence-corrected chi connectivity index (χ4v) is 2.39. The number of aryl methyl sites for hydroxylation is 2. The summed E-state index contributed by atoms with van der Waals surface area (Å²) in [6, 6.07) is 14.3. The van der Waals surface area contributed by atoms with Crippen LogP contribution in [0.2, 0.25) is 0 Å². The summed E-state index contributed by atoms with van der Waals surface area (Å²) in [4.78, 5) is 16.3. The van der Waals surface area contributed by atoms with Crippen molar-refractivity contribution in [3.05, 3.63) is 59.2 Å². The molecule has 2 rings (SSSR count). The Morgan fingerprint density at radius 1 is 0.909 bits per heavy atom. The monoisotopic (exact) mass is 296 g/mol. The van der Waals surface area contributed by atoms with Gasteiger partial charge in [0.15, 0.2) is 0 Å². The van der Waals surface area contributed by atoms with Crippen LogP contribution < -0.4 is 9.80 Å². The van der Waals surface area contributed by atoms with Gasteiger partial charge in [-0.2, -0.15) is 0 Å². The van der Waals surface area contributed by atoms with Crippen LogP contribution >= 0.6 is 0 Å². The first-order valence-corrected chi connectivity index (χ1v) is 7.48. The van der Waals surface area contributed by atoms with E-state index in [1.807, 2.05) is 57.2 Å². The number of amides is 1. The number of benzene rings is 2. The number of likely N-dealkylation sites (N-methyl/N-ethyl adjacent to an activating group) is 1. The first-order chi connectivity index (χ1) is 10.4. The van der Waals surface area contributed by atoms with Gasteiger partial charge in [0.05, 0.1) is 6.42 Å². The van der Waals surface area contributed by atoms with Gasteiger partial charge in [-0.25, -0.2) is 0 Å². The largest absolute Gasteiger partial charge is 0.378 e. The van der Waals surface area contributed by atoms with Crippen LogP contribution in [0.25, 0.3) is 0 Å². The molecule has 3 nitrogen and oxygen atoms in total. The lowest BCUT2D eigenvalue weighted by Gasteiger charge is -2.20. The summed E-state index contributed by atoms with van der Waals surface area (Å²) in [5.74, 6) is 0.103. The summed E-state index contributed by atoms with van der Waals surface area (Å²) in [6.07, 6.45) is 0.430. The van der Waals surface area contributed by atoms with E-state index in [2.05, 4.69) is 25.1 Å². The minimum absolute atomic E-state index is 0.103. The molecule has 2 aromatic carbocycles. The van der Waals surface area contributed by atoms with Crippen molar-refractivity contribution in [2.45, 2.75) is 20.3 Å². The van der Waals surface area contributed by atoms with E-state index in [0.29, 0.717) is 6.42 Å². The van der Waals surface area contributed by atoms with Crippen LogP contribution in [-0.4, -0.2) is 27.1 Å². The highest BCUT2D eigenvalue weighted by molar-refractivity contribution is 5.94. The van der Waals surface area contributed by atoms with E-state index in [0.717, 1.165) is 22.5 Å². The number of hydrogen-bond acceptors (Lipinski definition) is 2. The maximum Gasteiger partial charge on any atom is 0.231 e. The zero-order valence-corrected chi connectivity index (χ0v) is 14.1. The van der Waals surface area contributed by atoms with Gasteiger partial charge in [-0.1, -0.05) is 23.8 Å². The highest BCUT2D eigenvalue weighted by Gasteiger charge is 2.13. The maximum atomic E-state index is 12.5. The molecule has 2 aromatic rings. The van der Waals surface area contributed by atoms with E-state index in [1.165, 1.54) is 5.56 Å². The van der Waals surface area contributed by atoms with E-state index < -0.39 is 0 Å². The summed E-state index contributed by atoms with van der Waals surface area (Å²) in [7, 11) is 5.84. The van der Waals surface area contributed by atoms with Gasteiger partial charge in [-0.15, -0.1) is 0 Å². The van der Waals surface area contributed by atoms with E-state index >= 15 is 0 Å². The summed E-state index contributed by atoms with van der Waals surface area (Å²) >= 11 is 0. The van der Waals surface area contributed by atoms with Crippen molar-refractivity contribution in [1.29, 1.82) is 0 Å². The molecule has 22 heavy (non-hydrogen) atoms. The molecule has 0 radical (unpaired) electrons. The Morgan fingerprint density at radius 2 is 1.50 bits per heavy atom. The lowest BCUT2D eigenvalue weighted by atomic mass is 10.0. The number of nitrogens with zero attached hydrogens (tertiary/aromatic N) is 2. The first kappa shape index (κ1) is 16.1. The Kier molecular flexibility index (Phi) is 4.86. The second kappa shape index (κ2) is 6.65. The smallest absolute Gasteiger partial charge is 0.231 e. The molecule has 0 aliphatic heterocycles. The van der Waals surface area contributed by atoms with Crippen molar-refractivity contribution in [3.63, 3.8) is 0 Å². The van der Waals surface area contributed by atoms with Crippen molar-refractivity contribution in [1.82, 2.24) is 0 Å². The van der Waals surface area contributed by atoms with Crippen LogP contribution in [0.5, 0.6) is 0 Å². The second-order valence-corrected chi connectivity index (χ2v) is 5.97. The Hall–Kier alpha value is -2.29. The molecule has 0 N–H and O–H groups in total. The maximum absolute atomic E-state index is 12.5. The van der Waals surface area contributed by atoms with E-state index in [4.69, 9.17) is 0 Å². The van der Waals surface area contributed by atoms with Crippen LogP contribution in [0.3, 0.4) is 0 Å². The van der Waals surface area contributed by atoms with Gasteiger partial charge in [0.1, 0.15) is 0 Å². The first-order valence-electron chi connectivity index (χ1n) is 7.48. The predicted molar refractivity (Wildman–Crippen MR) is 93.8 cm³/mol. The van der Waals surface area contributed by atoms with Crippen molar-refractivity contribution in [2.75, 3.05) is 30.9 Å². The van der Waals surface area contributed by atoms with Gasteiger partial charge in [-0.3, -0.25) is 4.79 Å². The second-order valence-electron chi connectivity index (χ2n) is 5.97. The molecule has 3 heteroatoms. The van der Waals surface area contributed by atoms with Gasteiger partial charge in [-0.05, 0) is 49.2 Å². The summed E-state index contributed by atoms with van der Waals surface area (Å²) in [5, 5.41) is 0.